The van der Waals surface area contributed by atoms with Gasteiger partial charge in [-0.05, 0) is 36.2 Å². The molecule has 0 atom stereocenters. The molecule has 0 saturated carbocycles. The van der Waals surface area contributed by atoms with E-state index in [1.807, 2.05) is 47.4 Å². The molecule has 0 fully saturated rings. The monoisotopic (exact) mass is 387 g/mol. The van der Waals surface area contributed by atoms with Gasteiger partial charge in [-0.1, -0.05) is 30.7 Å². The number of hydrogen-bond donors (Lipinski definition) is 0. The highest BCUT2D eigenvalue weighted by Crippen LogP contribution is 2.17. The molecule has 0 unspecified atom stereocenters. The predicted molar refractivity (Wildman–Crippen MR) is 104 cm³/mol. The molecular formula is C19H25N5O2S. The highest BCUT2D eigenvalue weighted by atomic mass is 32.2. The lowest BCUT2D eigenvalue weighted by molar-refractivity contribution is 0.462. The number of benzene rings is 1. The van der Waals surface area contributed by atoms with Gasteiger partial charge in [0.05, 0.1) is 17.1 Å². The molecule has 3 rings (SSSR count). The lowest BCUT2D eigenvalue weighted by Gasteiger charge is -2.16. The summed E-state index contributed by atoms with van der Waals surface area (Å²) >= 11 is 0. The molecule has 0 aliphatic rings. The van der Waals surface area contributed by atoms with Gasteiger partial charge < -0.3 is 4.57 Å². The summed E-state index contributed by atoms with van der Waals surface area (Å²) in [6, 6.07) is 10.9. The summed E-state index contributed by atoms with van der Waals surface area (Å²) < 4.78 is 30.7. The van der Waals surface area contributed by atoms with Crippen molar-refractivity contribution in [2.75, 3.05) is 7.05 Å². The van der Waals surface area contributed by atoms with Crippen LogP contribution in [0.2, 0.25) is 0 Å². The fourth-order valence-corrected chi connectivity index (χ4v) is 3.93. The summed E-state index contributed by atoms with van der Waals surface area (Å²) in [6.45, 7) is 3.81. The van der Waals surface area contributed by atoms with Crippen molar-refractivity contribution in [1.82, 2.24) is 23.9 Å². The van der Waals surface area contributed by atoms with Gasteiger partial charge in [0.2, 0.25) is 10.0 Å². The summed E-state index contributed by atoms with van der Waals surface area (Å²) in [5.41, 5.74) is 1.69. The predicted octanol–water partition coefficient (Wildman–Crippen LogP) is 2.75. The van der Waals surface area contributed by atoms with E-state index in [1.165, 1.54) is 4.31 Å². The molecule has 3 aromatic rings. The number of hydrogen-bond acceptors (Lipinski definition) is 4. The van der Waals surface area contributed by atoms with Crippen molar-refractivity contribution in [3.63, 3.8) is 0 Å². The van der Waals surface area contributed by atoms with Gasteiger partial charge in [-0.25, -0.2) is 8.42 Å². The average molecular weight is 388 g/mol. The first-order valence-corrected chi connectivity index (χ1v) is 10.5. The Balaban J connectivity index is 1.66. The lowest BCUT2D eigenvalue weighted by Crippen LogP contribution is -2.26. The number of rotatable bonds is 9. The molecule has 27 heavy (non-hydrogen) atoms. The van der Waals surface area contributed by atoms with Crippen LogP contribution in [0.25, 0.3) is 0 Å². The van der Waals surface area contributed by atoms with E-state index in [-0.39, 0.29) is 11.4 Å². The van der Waals surface area contributed by atoms with Crippen LogP contribution < -0.4 is 0 Å². The summed E-state index contributed by atoms with van der Waals surface area (Å²) in [5.74, 6) is 0. The Morgan fingerprint density at radius 2 is 1.81 bits per heavy atom. The molecule has 7 nitrogen and oxygen atoms in total. The van der Waals surface area contributed by atoms with Crippen LogP contribution in [-0.2, 0) is 29.7 Å². The van der Waals surface area contributed by atoms with Crippen molar-refractivity contribution in [2.45, 2.75) is 44.3 Å². The summed E-state index contributed by atoms with van der Waals surface area (Å²) in [6.07, 6.45) is 7.86. The minimum Gasteiger partial charge on any atom is -0.350 e. The first kappa shape index (κ1) is 19.3. The molecule has 0 amide bonds. The van der Waals surface area contributed by atoms with E-state index < -0.39 is 10.0 Å². The van der Waals surface area contributed by atoms with E-state index in [1.54, 1.807) is 23.9 Å². The molecule has 0 aliphatic carbocycles. The zero-order valence-electron chi connectivity index (χ0n) is 15.7. The molecule has 0 aliphatic heterocycles. The van der Waals surface area contributed by atoms with Crippen molar-refractivity contribution in [3.05, 3.63) is 66.2 Å². The van der Waals surface area contributed by atoms with E-state index >= 15 is 0 Å². The second-order valence-electron chi connectivity index (χ2n) is 6.59. The van der Waals surface area contributed by atoms with Crippen molar-refractivity contribution < 1.29 is 8.42 Å². The summed E-state index contributed by atoms with van der Waals surface area (Å²) in [7, 11) is -2.01. The zero-order valence-corrected chi connectivity index (χ0v) is 16.5. The minimum atomic E-state index is -3.57. The molecule has 0 bridgehead atoms. The average Bonchev–Trinajstić information content (AvgIpc) is 3.32. The standard InChI is InChI=1S/C19H25N5O2S/c1-3-4-13-24-16-18(20-21-24)15-22(2)27(25,26)19-9-7-17(8-10-19)14-23-11-5-6-12-23/h5-12,16H,3-4,13-15H2,1-2H3. The SMILES string of the molecule is CCCCn1cc(CN(C)S(=O)(=O)c2ccc(Cn3cccc3)cc2)nn1. The van der Waals surface area contributed by atoms with Gasteiger partial charge in [0, 0.05) is 38.7 Å². The number of aromatic nitrogens is 4. The molecule has 2 heterocycles. The van der Waals surface area contributed by atoms with Crippen LogP contribution in [0.15, 0.2) is 59.9 Å². The molecule has 144 valence electrons. The Kier molecular flexibility index (Phi) is 6.08. The topological polar surface area (TPSA) is 73.0 Å². The van der Waals surface area contributed by atoms with Crippen LogP contribution >= 0.6 is 0 Å². The maximum atomic E-state index is 12.8. The first-order valence-electron chi connectivity index (χ1n) is 9.04. The minimum absolute atomic E-state index is 0.194. The largest absolute Gasteiger partial charge is 0.350 e. The van der Waals surface area contributed by atoms with Crippen LogP contribution in [0.3, 0.4) is 0 Å². The maximum Gasteiger partial charge on any atom is 0.243 e. The molecule has 2 aromatic heterocycles. The third-order valence-corrected chi connectivity index (χ3v) is 6.19. The summed E-state index contributed by atoms with van der Waals surface area (Å²) in [5, 5.41) is 8.13. The van der Waals surface area contributed by atoms with Crippen molar-refractivity contribution >= 4 is 10.0 Å². The molecule has 0 N–H and O–H groups in total. The number of sulfonamides is 1. The normalized spacial score (nSPS) is 12.0. The number of unbranched alkanes of at least 4 members (excludes halogenated alkanes) is 1. The van der Waals surface area contributed by atoms with Crippen LogP contribution in [0.5, 0.6) is 0 Å². The Morgan fingerprint density at radius 3 is 2.48 bits per heavy atom. The Bertz CT molecular complexity index is 946. The highest BCUT2D eigenvalue weighted by molar-refractivity contribution is 7.89. The van der Waals surface area contributed by atoms with Crippen molar-refractivity contribution in [1.29, 1.82) is 0 Å². The van der Waals surface area contributed by atoms with E-state index in [2.05, 4.69) is 17.2 Å². The van der Waals surface area contributed by atoms with Gasteiger partial charge in [-0.15, -0.1) is 5.10 Å². The Morgan fingerprint density at radius 1 is 1.11 bits per heavy atom. The lowest BCUT2D eigenvalue weighted by atomic mass is 10.2. The number of nitrogens with zero attached hydrogens (tertiary/aromatic N) is 5. The van der Waals surface area contributed by atoms with Gasteiger partial charge in [0.15, 0.2) is 0 Å². The second-order valence-corrected chi connectivity index (χ2v) is 8.63. The number of aryl methyl sites for hydroxylation is 1. The Labute approximate surface area is 160 Å². The first-order chi connectivity index (χ1) is 13.0. The third-order valence-electron chi connectivity index (χ3n) is 4.37. The molecule has 1 aromatic carbocycles. The van der Waals surface area contributed by atoms with Crippen molar-refractivity contribution in [3.8, 4) is 0 Å². The second kappa shape index (κ2) is 8.49. The van der Waals surface area contributed by atoms with Crippen LogP contribution in [0.4, 0.5) is 0 Å². The zero-order chi connectivity index (χ0) is 19.3. The van der Waals surface area contributed by atoms with Gasteiger partial charge >= 0.3 is 0 Å². The van der Waals surface area contributed by atoms with E-state index in [4.69, 9.17) is 0 Å². The molecule has 0 spiro atoms. The highest BCUT2D eigenvalue weighted by Gasteiger charge is 2.21. The molecular weight excluding hydrogens is 362 g/mol. The van der Waals surface area contributed by atoms with Crippen LogP contribution in [0, 0.1) is 0 Å². The van der Waals surface area contributed by atoms with E-state index in [9.17, 15) is 8.42 Å². The smallest absolute Gasteiger partial charge is 0.243 e. The fraction of sp³-hybridized carbons (Fsp3) is 0.368. The van der Waals surface area contributed by atoms with Gasteiger partial charge in [0.1, 0.15) is 0 Å². The van der Waals surface area contributed by atoms with Crippen molar-refractivity contribution in [2.24, 2.45) is 0 Å². The molecule has 0 radical (unpaired) electrons. The molecule has 8 heteroatoms. The third kappa shape index (κ3) is 4.84. The Hall–Kier alpha value is -2.45. The van der Waals surface area contributed by atoms with Gasteiger partial charge in [-0.3, -0.25) is 4.68 Å². The van der Waals surface area contributed by atoms with E-state index in [0.29, 0.717) is 12.2 Å². The maximum absolute atomic E-state index is 12.8. The van der Waals surface area contributed by atoms with E-state index in [0.717, 1.165) is 24.9 Å². The fourth-order valence-electron chi connectivity index (χ4n) is 2.79. The van der Waals surface area contributed by atoms with Crippen LogP contribution in [-0.4, -0.2) is 39.3 Å². The van der Waals surface area contributed by atoms with Crippen LogP contribution in [0.1, 0.15) is 31.0 Å². The van der Waals surface area contributed by atoms with Gasteiger partial charge in [0.25, 0.3) is 0 Å². The quantitative estimate of drug-likeness (QED) is 0.566. The van der Waals surface area contributed by atoms with Gasteiger partial charge in [-0.2, -0.15) is 4.31 Å². The molecule has 0 saturated heterocycles. The summed E-state index contributed by atoms with van der Waals surface area (Å²) in [4.78, 5) is 0.277.